The quantitative estimate of drug-likeness (QED) is 0.772. The average Bonchev–Trinajstić information content (AvgIpc) is 3.09. The lowest BCUT2D eigenvalue weighted by atomic mass is 10.1. The Morgan fingerprint density at radius 3 is 2.43 bits per heavy atom. The van der Waals surface area contributed by atoms with Crippen LogP contribution in [0.1, 0.15) is 10.4 Å². The molecule has 0 bridgehead atoms. The van der Waals surface area contributed by atoms with Crippen molar-refractivity contribution in [3.63, 3.8) is 0 Å². The molecule has 2 aromatic carbocycles. The monoisotopic (exact) mass is 326 g/mol. The Bertz CT molecular complexity index is 815. The van der Waals surface area contributed by atoms with E-state index in [0.29, 0.717) is 22.0 Å². The van der Waals surface area contributed by atoms with Gasteiger partial charge in [0.05, 0.1) is 23.4 Å². The Balaban J connectivity index is 1.96. The zero-order chi connectivity index (χ0) is 16.2. The normalized spacial score (nSPS) is 10.3. The Hall–Kier alpha value is -2.72. The van der Waals surface area contributed by atoms with Gasteiger partial charge in [-0.25, -0.2) is 0 Å². The molecule has 23 heavy (non-hydrogen) atoms. The molecular weight excluding hydrogens is 312 g/mol. The number of nitrogens with zero attached hydrogens (tertiary/aromatic N) is 1. The first-order valence-electron chi connectivity index (χ1n) is 7.06. The molecule has 116 valence electrons. The molecule has 0 radical (unpaired) electrons. The largest absolute Gasteiger partial charge is 0.496 e. The fourth-order valence-electron chi connectivity index (χ4n) is 2.30. The van der Waals surface area contributed by atoms with Gasteiger partial charge in [-0.2, -0.15) is 0 Å². The fraction of sp³-hybridized carbons (Fsp3) is 0.0556. The summed E-state index contributed by atoms with van der Waals surface area (Å²) in [5, 5.41) is 3.30. The molecule has 0 aliphatic rings. The molecule has 0 aliphatic carbocycles. The van der Waals surface area contributed by atoms with E-state index in [9.17, 15) is 4.79 Å². The van der Waals surface area contributed by atoms with Crippen LogP contribution in [-0.2, 0) is 0 Å². The summed E-state index contributed by atoms with van der Waals surface area (Å²) in [6.45, 7) is 0. The van der Waals surface area contributed by atoms with E-state index in [1.165, 1.54) is 7.11 Å². The lowest BCUT2D eigenvalue weighted by Crippen LogP contribution is -2.13. The number of halogens is 1. The second-order valence-corrected chi connectivity index (χ2v) is 5.32. The van der Waals surface area contributed by atoms with Crippen molar-refractivity contribution in [1.82, 2.24) is 4.57 Å². The second-order valence-electron chi connectivity index (χ2n) is 4.91. The number of amides is 1. The third-order valence-corrected chi connectivity index (χ3v) is 3.73. The number of carbonyl (C=O) groups is 1. The van der Waals surface area contributed by atoms with Crippen LogP contribution in [0, 0.1) is 0 Å². The molecule has 3 aromatic rings. The van der Waals surface area contributed by atoms with E-state index in [2.05, 4.69) is 5.32 Å². The average molecular weight is 327 g/mol. The molecular formula is C18H15ClN2O2. The number of hydrogen-bond donors (Lipinski definition) is 1. The maximum absolute atomic E-state index is 12.5. The van der Waals surface area contributed by atoms with Crippen molar-refractivity contribution in [2.75, 3.05) is 12.4 Å². The first-order valence-corrected chi connectivity index (χ1v) is 7.44. The van der Waals surface area contributed by atoms with Crippen molar-refractivity contribution < 1.29 is 9.53 Å². The number of hydrogen-bond acceptors (Lipinski definition) is 2. The summed E-state index contributed by atoms with van der Waals surface area (Å²) < 4.78 is 7.23. The Morgan fingerprint density at radius 1 is 1.09 bits per heavy atom. The van der Waals surface area contributed by atoms with Crippen LogP contribution >= 0.6 is 11.6 Å². The van der Waals surface area contributed by atoms with Gasteiger partial charge in [0, 0.05) is 24.1 Å². The minimum atomic E-state index is -0.269. The molecule has 1 aromatic heterocycles. The topological polar surface area (TPSA) is 43.3 Å². The van der Waals surface area contributed by atoms with Crippen LogP contribution in [0.25, 0.3) is 5.69 Å². The van der Waals surface area contributed by atoms with Crippen molar-refractivity contribution in [3.05, 3.63) is 77.6 Å². The van der Waals surface area contributed by atoms with E-state index in [4.69, 9.17) is 16.3 Å². The van der Waals surface area contributed by atoms with Gasteiger partial charge in [-0.05, 0) is 30.3 Å². The minimum absolute atomic E-state index is 0.269. The molecule has 4 nitrogen and oxygen atoms in total. The Kier molecular flexibility index (Phi) is 4.35. The van der Waals surface area contributed by atoms with Gasteiger partial charge >= 0.3 is 0 Å². The summed E-state index contributed by atoms with van der Waals surface area (Å²) in [5.74, 6) is 0.195. The first kappa shape index (κ1) is 15.2. The maximum Gasteiger partial charge on any atom is 0.259 e. The van der Waals surface area contributed by atoms with Crippen molar-refractivity contribution in [2.45, 2.75) is 0 Å². The third kappa shape index (κ3) is 3.22. The predicted molar refractivity (Wildman–Crippen MR) is 91.7 cm³/mol. The highest BCUT2D eigenvalue weighted by molar-refractivity contribution is 6.33. The van der Waals surface area contributed by atoms with Crippen molar-refractivity contribution in [3.8, 4) is 11.4 Å². The van der Waals surface area contributed by atoms with Crippen LogP contribution in [0.3, 0.4) is 0 Å². The fourth-order valence-corrected chi connectivity index (χ4v) is 2.56. The minimum Gasteiger partial charge on any atom is -0.496 e. The van der Waals surface area contributed by atoms with E-state index in [0.717, 1.165) is 5.69 Å². The van der Waals surface area contributed by atoms with E-state index in [1.807, 2.05) is 59.4 Å². The molecule has 0 fully saturated rings. The van der Waals surface area contributed by atoms with Crippen LogP contribution in [0.5, 0.6) is 5.75 Å². The van der Waals surface area contributed by atoms with Gasteiger partial charge in [-0.3, -0.25) is 4.79 Å². The molecule has 0 aliphatic heterocycles. The molecule has 0 saturated carbocycles. The number of aromatic nitrogens is 1. The maximum atomic E-state index is 12.5. The summed E-state index contributed by atoms with van der Waals surface area (Å²) in [4.78, 5) is 12.5. The van der Waals surface area contributed by atoms with Crippen LogP contribution in [0.2, 0.25) is 5.02 Å². The Labute approximate surface area is 139 Å². The Morgan fingerprint density at radius 2 is 1.78 bits per heavy atom. The third-order valence-electron chi connectivity index (χ3n) is 3.43. The number of carbonyl (C=O) groups excluding carboxylic acids is 1. The number of anilines is 1. The predicted octanol–water partition coefficient (Wildman–Crippen LogP) is 4.39. The number of benzene rings is 2. The highest BCUT2D eigenvalue weighted by atomic mass is 35.5. The molecule has 1 amide bonds. The lowest BCUT2D eigenvalue weighted by Gasteiger charge is -2.13. The smallest absolute Gasteiger partial charge is 0.259 e. The molecule has 0 unspecified atom stereocenters. The van der Waals surface area contributed by atoms with E-state index in [1.54, 1.807) is 12.1 Å². The molecule has 3 rings (SSSR count). The van der Waals surface area contributed by atoms with Crippen molar-refractivity contribution >= 4 is 23.2 Å². The molecule has 5 heteroatoms. The molecule has 0 spiro atoms. The lowest BCUT2D eigenvalue weighted by molar-refractivity contribution is 0.102. The molecule has 1 N–H and O–H groups in total. The van der Waals surface area contributed by atoms with E-state index in [-0.39, 0.29) is 5.91 Å². The van der Waals surface area contributed by atoms with Gasteiger partial charge < -0.3 is 14.6 Å². The van der Waals surface area contributed by atoms with Gasteiger partial charge in [0.25, 0.3) is 5.91 Å². The number of methoxy groups -OCH3 is 1. The summed E-state index contributed by atoms with van der Waals surface area (Å²) in [6.07, 6.45) is 3.76. The SMILES string of the molecule is COc1cc(-n2cccc2)c(Cl)cc1C(=O)Nc1ccccc1. The standard InChI is InChI=1S/C18H15ClN2O2/c1-23-17-12-16(21-9-5-6-10-21)15(19)11-14(17)18(22)20-13-7-3-2-4-8-13/h2-12H,1H3,(H,20,22). The van der Waals surface area contributed by atoms with Gasteiger partial charge in [-0.15, -0.1) is 0 Å². The summed E-state index contributed by atoms with van der Waals surface area (Å²) in [7, 11) is 1.53. The van der Waals surface area contributed by atoms with Gasteiger partial charge in [0.15, 0.2) is 0 Å². The van der Waals surface area contributed by atoms with Crippen LogP contribution in [0.4, 0.5) is 5.69 Å². The van der Waals surface area contributed by atoms with Crippen LogP contribution < -0.4 is 10.1 Å². The summed E-state index contributed by atoms with van der Waals surface area (Å²) in [6, 6.07) is 16.4. The molecule has 0 atom stereocenters. The van der Waals surface area contributed by atoms with Gasteiger partial charge in [-0.1, -0.05) is 29.8 Å². The number of nitrogens with one attached hydrogen (secondary N) is 1. The second kappa shape index (κ2) is 6.58. The van der Waals surface area contributed by atoms with E-state index >= 15 is 0 Å². The molecule has 1 heterocycles. The van der Waals surface area contributed by atoms with Crippen molar-refractivity contribution in [2.24, 2.45) is 0 Å². The summed E-state index contributed by atoms with van der Waals surface area (Å²) in [5.41, 5.74) is 1.85. The van der Waals surface area contributed by atoms with Crippen LogP contribution in [0.15, 0.2) is 67.0 Å². The van der Waals surface area contributed by atoms with Crippen LogP contribution in [-0.4, -0.2) is 17.6 Å². The summed E-state index contributed by atoms with van der Waals surface area (Å²) >= 11 is 6.34. The number of para-hydroxylation sites is 1. The zero-order valence-electron chi connectivity index (χ0n) is 12.5. The van der Waals surface area contributed by atoms with E-state index < -0.39 is 0 Å². The number of ether oxygens (including phenoxy) is 1. The number of rotatable bonds is 4. The first-order chi connectivity index (χ1) is 11.2. The van der Waals surface area contributed by atoms with Crippen molar-refractivity contribution in [1.29, 1.82) is 0 Å². The van der Waals surface area contributed by atoms with Gasteiger partial charge in [0.2, 0.25) is 0 Å². The molecule has 0 saturated heterocycles. The highest BCUT2D eigenvalue weighted by Gasteiger charge is 2.16. The highest BCUT2D eigenvalue weighted by Crippen LogP contribution is 2.30. The zero-order valence-corrected chi connectivity index (χ0v) is 13.2. The van der Waals surface area contributed by atoms with Gasteiger partial charge in [0.1, 0.15) is 5.75 Å².